The van der Waals surface area contributed by atoms with Gasteiger partial charge in [-0.25, -0.2) is 19.3 Å². The second kappa shape index (κ2) is 4.56. The average Bonchev–Trinajstić information content (AvgIpc) is 2.80. The molecule has 0 aliphatic heterocycles. The zero-order valence-corrected chi connectivity index (χ0v) is 10.4. The molecular weight excluding hydrogens is 242 g/mol. The van der Waals surface area contributed by atoms with Crippen LogP contribution in [0.15, 0.2) is 41.2 Å². The van der Waals surface area contributed by atoms with Gasteiger partial charge in [-0.2, -0.15) is 5.10 Å². The van der Waals surface area contributed by atoms with Crippen LogP contribution in [0.25, 0.3) is 5.65 Å². The van der Waals surface area contributed by atoms with Crippen LogP contribution in [0.5, 0.6) is 0 Å². The van der Waals surface area contributed by atoms with Crippen molar-refractivity contribution in [2.75, 3.05) is 5.32 Å². The van der Waals surface area contributed by atoms with E-state index in [1.165, 1.54) is 9.96 Å². The van der Waals surface area contributed by atoms with Gasteiger partial charge in [0, 0.05) is 12.6 Å². The highest BCUT2D eigenvalue weighted by molar-refractivity contribution is 5.49. The SMILES string of the molecule is Cc1nc(NCc2ccccc2)cc2n[nH]c(=O)n12. The molecule has 0 amide bonds. The summed E-state index contributed by atoms with van der Waals surface area (Å²) in [6.45, 7) is 2.45. The van der Waals surface area contributed by atoms with Crippen LogP contribution in [0.2, 0.25) is 0 Å². The van der Waals surface area contributed by atoms with Crippen LogP contribution in [0, 0.1) is 6.92 Å². The maximum Gasteiger partial charge on any atom is 0.349 e. The van der Waals surface area contributed by atoms with E-state index in [4.69, 9.17) is 0 Å². The highest BCUT2D eigenvalue weighted by atomic mass is 16.1. The van der Waals surface area contributed by atoms with E-state index < -0.39 is 0 Å². The Kier molecular flexibility index (Phi) is 2.75. The van der Waals surface area contributed by atoms with Gasteiger partial charge in [-0.05, 0) is 12.5 Å². The van der Waals surface area contributed by atoms with E-state index in [1.807, 2.05) is 30.3 Å². The van der Waals surface area contributed by atoms with Gasteiger partial charge in [0.2, 0.25) is 0 Å². The van der Waals surface area contributed by atoms with Crippen molar-refractivity contribution in [2.24, 2.45) is 0 Å². The largest absolute Gasteiger partial charge is 0.366 e. The number of aromatic nitrogens is 4. The first kappa shape index (κ1) is 11.5. The molecule has 0 bridgehead atoms. The number of fused-ring (bicyclic) bond motifs is 1. The number of hydrogen-bond donors (Lipinski definition) is 2. The van der Waals surface area contributed by atoms with Gasteiger partial charge in [0.15, 0.2) is 5.65 Å². The fourth-order valence-corrected chi connectivity index (χ4v) is 1.98. The number of hydrogen-bond acceptors (Lipinski definition) is 4. The Morgan fingerprint density at radius 2 is 2.11 bits per heavy atom. The van der Waals surface area contributed by atoms with E-state index in [0.29, 0.717) is 23.8 Å². The van der Waals surface area contributed by atoms with Crippen LogP contribution < -0.4 is 11.0 Å². The molecule has 6 nitrogen and oxygen atoms in total. The standard InChI is InChI=1S/C13H13N5O/c1-9-15-11(7-12-16-17-13(19)18(9)12)14-8-10-5-3-2-4-6-10/h2-7,14H,8H2,1H3,(H,17,19). The van der Waals surface area contributed by atoms with Crippen LogP contribution in [0.1, 0.15) is 11.4 Å². The van der Waals surface area contributed by atoms with E-state index in [2.05, 4.69) is 20.5 Å². The summed E-state index contributed by atoms with van der Waals surface area (Å²) in [5.74, 6) is 1.31. The molecule has 0 fully saturated rings. The maximum atomic E-state index is 11.5. The number of aryl methyl sites for hydroxylation is 1. The van der Waals surface area contributed by atoms with Crippen molar-refractivity contribution in [2.45, 2.75) is 13.5 Å². The predicted octanol–water partition coefficient (Wildman–Crippen LogP) is 1.34. The molecule has 19 heavy (non-hydrogen) atoms. The molecule has 3 aromatic rings. The fraction of sp³-hybridized carbons (Fsp3) is 0.154. The van der Waals surface area contributed by atoms with E-state index in [1.54, 1.807) is 13.0 Å². The molecule has 3 rings (SSSR count). The summed E-state index contributed by atoms with van der Waals surface area (Å²) in [6.07, 6.45) is 0. The minimum Gasteiger partial charge on any atom is -0.366 e. The third-order valence-corrected chi connectivity index (χ3v) is 2.89. The predicted molar refractivity (Wildman–Crippen MR) is 72.1 cm³/mol. The van der Waals surface area contributed by atoms with Crippen LogP contribution >= 0.6 is 0 Å². The lowest BCUT2D eigenvalue weighted by atomic mass is 10.2. The van der Waals surface area contributed by atoms with Crippen molar-refractivity contribution in [1.29, 1.82) is 0 Å². The molecule has 0 unspecified atom stereocenters. The summed E-state index contributed by atoms with van der Waals surface area (Å²) >= 11 is 0. The van der Waals surface area contributed by atoms with Crippen molar-refractivity contribution in [3.8, 4) is 0 Å². The Morgan fingerprint density at radius 1 is 1.32 bits per heavy atom. The van der Waals surface area contributed by atoms with Crippen LogP contribution in [0.4, 0.5) is 5.82 Å². The second-order valence-electron chi connectivity index (χ2n) is 4.25. The molecule has 6 heteroatoms. The smallest absolute Gasteiger partial charge is 0.349 e. The molecule has 0 saturated carbocycles. The summed E-state index contributed by atoms with van der Waals surface area (Å²) in [5, 5.41) is 9.57. The summed E-state index contributed by atoms with van der Waals surface area (Å²) in [6, 6.07) is 11.8. The van der Waals surface area contributed by atoms with Gasteiger partial charge < -0.3 is 5.32 Å². The molecule has 0 aliphatic rings. The third kappa shape index (κ3) is 2.20. The summed E-state index contributed by atoms with van der Waals surface area (Å²) in [5.41, 5.74) is 1.46. The monoisotopic (exact) mass is 255 g/mol. The normalized spacial score (nSPS) is 10.8. The zero-order chi connectivity index (χ0) is 13.2. The molecule has 2 aromatic heterocycles. The van der Waals surface area contributed by atoms with Gasteiger partial charge in [0.25, 0.3) is 0 Å². The lowest BCUT2D eigenvalue weighted by Gasteiger charge is -2.07. The Hall–Kier alpha value is -2.63. The highest BCUT2D eigenvalue weighted by Crippen LogP contribution is 2.09. The summed E-state index contributed by atoms with van der Waals surface area (Å²) in [4.78, 5) is 15.8. The van der Waals surface area contributed by atoms with Crippen molar-refractivity contribution < 1.29 is 0 Å². The first-order valence-electron chi connectivity index (χ1n) is 5.96. The number of anilines is 1. The molecule has 2 N–H and O–H groups in total. The molecule has 96 valence electrons. The molecule has 0 radical (unpaired) electrons. The van der Waals surface area contributed by atoms with E-state index >= 15 is 0 Å². The Morgan fingerprint density at radius 3 is 2.89 bits per heavy atom. The van der Waals surface area contributed by atoms with Crippen LogP contribution in [-0.4, -0.2) is 19.6 Å². The van der Waals surface area contributed by atoms with Gasteiger partial charge in [0.1, 0.15) is 11.6 Å². The van der Waals surface area contributed by atoms with E-state index in [0.717, 1.165) is 0 Å². The number of H-pyrrole nitrogens is 1. The molecule has 0 spiro atoms. The number of benzene rings is 1. The van der Waals surface area contributed by atoms with Crippen molar-refractivity contribution in [3.05, 3.63) is 58.3 Å². The first-order chi connectivity index (χ1) is 9.24. The minimum absolute atomic E-state index is 0.269. The van der Waals surface area contributed by atoms with E-state index in [9.17, 15) is 4.79 Å². The van der Waals surface area contributed by atoms with Crippen LogP contribution in [-0.2, 0) is 6.54 Å². The minimum atomic E-state index is -0.269. The molecule has 0 aliphatic carbocycles. The number of aromatic amines is 1. The molecule has 0 saturated heterocycles. The second-order valence-corrected chi connectivity index (χ2v) is 4.25. The molecule has 2 heterocycles. The molecule has 0 atom stereocenters. The Bertz CT molecular complexity index is 760. The average molecular weight is 255 g/mol. The summed E-state index contributed by atoms with van der Waals surface area (Å²) < 4.78 is 1.44. The molecular formula is C13H13N5O. The van der Waals surface area contributed by atoms with Crippen molar-refractivity contribution in [1.82, 2.24) is 19.6 Å². The third-order valence-electron chi connectivity index (χ3n) is 2.89. The zero-order valence-electron chi connectivity index (χ0n) is 10.4. The maximum absolute atomic E-state index is 11.5. The molecule has 1 aromatic carbocycles. The quantitative estimate of drug-likeness (QED) is 0.740. The van der Waals surface area contributed by atoms with Gasteiger partial charge in [-0.1, -0.05) is 30.3 Å². The topological polar surface area (TPSA) is 75.1 Å². The summed E-state index contributed by atoms with van der Waals surface area (Å²) in [7, 11) is 0. The Balaban J connectivity index is 1.88. The lowest BCUT2D eigenvalue weighted by Crippen LogP contribution is -2.14. The lowest BCUT2D eigenvalue weighted by molar-refractivity contribution is 0.931. The van der Waals surface area contributed by atoms with Gasteiger partial charge in [0.05, 0.1) is 0 Å². The first-order valence-corrected chi connectivity index (χ1v) is 5.96. The number of rotatable bonds is 3. The number of nitrogens with one attached hydrogen (secondary N) is 2. The van der Waals surface area contributed by atoms with Crippen molar-refractivity contribution >= 4 is 11.5 Å². The number of nitrogens with zero attached hydrogens (tertiary/aromatic N) is 3. The van der Waals surface area contributed by atoms with Gasteiger partial charge in [-0.15, -0.1) is 0 Å². The van der Waals surface area contributed by atoms with Gasteiger partial charge in [-0.3, -0.25) is 0 Å². The highest BCUT2D eigenvalue weighted by Gasteiger charge is 2.06. The van der Waals surface area contributed by atoms with E-state index in [-0.39, 0.29) is 5.69 Å². The Labute approximate surface area is 109 Å². The van der Waals surface area contributed by atoms with Gasteiger partial charge >= 0.3 is 5.69 Å². The fourth-order valence-electron chi connectivity index (χ4n) is 1.98. The van der Waals surface area contributed by atoms with Crippen molar-refractivity contribution in [3.63, 3.8) is 0 Å². The van der Waals surface area contributed by atoms with Crippen LogP contribution in [0.3, 0.4) is 0 Å².